The molecule has 2 aromatic rings. The Hall–Kier alpha value is -3.17. The van der Waals surface area contributed by atoms with E-state index in [0.717, 1.165) is 0 Å². The average molecular weight is 373 g/mol. The normalized spacial score (nSPS) is 16.3. The Labute approximate surface area is 156 Å². The smallest absolute Gasteiger partial charge is 0.321 e. The number of benzene rings is 1. The molecule has 3 rings (SSSR count). The van der Waals surface area contributed by atoms with Crippen LogP contribution in [0.3, 0.4) is 0 Å². The first kappa shape index (κ1) is 18.6. The average Bonchev–Trinajstić information content (AvgIpc) is 3.30. The van der Waals surface area contributed by atoms with Crippen LogP contribution < -0.4 is 15.4 Å². The van der Waals surface area contributed by atoms with E-state index in [4.69, 9.17) is 4.74 Å². The molecule has 1 aliphatic rings. The second kappa shape index (κ2) is 8.02. The Morgan fingerprint density at radius 3 is 2.81 bits per heavy atom. The molecule has 27 heavy (non-hydrogen) atoms. The van der Waals surface area contributed by atoms with E-state index in [1.807, 2.05) is 6.92 Å². The summed E-state index contributed by atoms with van der Waals surface area (Å²) in [5, 5.41) is 17.1. The zero-order chi connectivity index (χ0) is 19.4. The zero-order valence-electron chi connectivity index (χ0n) is 15.6. The Balaban J connectivity index is 1.73. The van der Waals surface area contributed by atoms with Crippen molar-refractivity contribution in [2.45, 2.75) is 20.3 Å². The second-order valence-electron chi connectivity index (χ2n) is 6.31. The summed E-state index contributed by atoms with van der Waals surface area (Å²) in [5.74, 6) is 1.01. The van der Waals surface area contributed by atoms with Crippen LogP contribution in [0.4, 0.5) is 10.5 Å². The number of ether oxygens (including phenoxy) is 1. The largest absolute Gasteiger partial charge is 0.497 e. The minimum absolute atomic E-state index is 0.00868. The molecule has 1 fully saturated rings. The van der Waals surface area contributed by atoms with Crippen LogP contribution in [0.25, 0.3) is 5.69 Å². The van der Waals surface area contributed by atoms with E-state index in [1.165, 1.54) is 0 Å². The van der Waals surface area contributed by atoms with E-state index < -0.39 is 0 Å². The first-order valence-corrected chi connectivity index (χ1v) is 8.80. The number of amides is 3. The van der Waals surface area contributed by atoms with Gasteiger partial charge in [0.15, 0.2) is 5.82 Å². The SMILES string of the molecule is CCNC(=O)[C@H]1CCN(C(=O)Nc2cc(OC)cc(-n3nnnc3C)c2)C1. The molecule has 10 heteroatoms. The van der Waals surface area contributed by atoms with Gasteiger partial charge in [0.05, 0.1) is 18.7 Å². The molecule has 1 aromatic heterocycles. The number of likely N-dealkylation sites (tertiary alicyclic amines) is 1. The number of nitrogens with one attached hydrogen (secondary N) is 2. The van der Waals surface area contributed by atoms with Crippen LogP contribution in [0.1, 0.15) is 19.2 Å². The minimum atomic E-state index is -0.255. The topological polar surface area (TPSA) is 114 Å². The predicted molar refractivity (Wildman–Crippen MR) is 97.8 cm³/mol. The van der Waals surface area contributed by atoms with Gasteiger partial charge in [-0.2, -0.15) is 4.68 Å². The van der Waals surface area contributed by atoms with Gasteiger partial charge in [0, 0.05) is 37.5 Å². The van der Waals surface area contributed by atoms with Crippen molar-refractivity contribution in [3.8, 4) is 11.4 Å². The van der Waals surface area contributed by atoms with Gasteiger partial charge < -0.3 is 20.3 Å². The van der Waals surface area contributed by atoms with E-state index in [1.54, 1.807) is 41.8 Å². The Morgan fingerprint density at radius 2 is 2.15 bits per heavy atom. The molecule has 2 N–H and O–H groups in total. The molecular formula is C17H23N7O3. The summed E-state index contributed by atoms with van der Waals surface area (Å²) in [6.07, 6.45) is 0.659. The number of rotatable bonds is 5. The Kier molecular flexibility index (Phi) is 5.53. The van der Waals surface area contributed by atoms with Gasteiger partial charge in [-0.05, 0) is 36.8 Å². The van der Waals surface area contributed by atoms with Crippen LogP contribution in [-0.2, 0) is 4.79 Å². The molecule has 10 nitrogen and oxygen atoms in total. The molecular weight excluding hydrogens is 350 g/mol. The van der Waals surface area contributed by atoms with Gasteiger partial charge in [0.25, 0.3) is 0 Å². The standard InChI is InChI=1S/C17H23N7O3/c1-4-18-16(25)12-5-6-23(10-12)17(26)19-13-7-14(9-15(8-13)27-3)24-11(2)20-21-22-24/h7-9,12H,4-6,10H2,1-3H3,(H,18,25)(H,19,26)/t12-/m0/s1. The third-order valence-electron chi connectivity index (χ3n) is 4.45. The fourth-order valence-electron chi connectivity index (χ4n) is 3.05. The molecule has 2 heterocycles. The third-order valence-corrected chi connectivity index (χ3v) is 4.45. The van der Waals surface area contributed by atoms with E-state index in [2.05, 4.69) is 26.2 Å². The summed E-state index contributed by atoms with van der Waals surface area (Å²) >= 11 is 0. The molecule has 0 bridgehead atoms. The van der Waals surface area contributed by atoms with Crippen molar-refractivity contribution < 1.29 is 14.3 Å². The number of tetrazole rings is 1. The van der Waals surface area contributed by atoms with Crippen LogP contribution in [0.2, 0.25) is 0 Å². The monoisotopic (exact) mass is 373 g/mol. The fourth-order valence-corrected chi connectivity index (χ4v) is 3.05. The van der Waals surface area contributed by atoms with E-state index in [0.29, 0.717) is 49.0 Å². The Morgan fingerprint density at radius 1 is 1.33 bits per heavy atom. The van der Waals surface area contributed by atoms with Gasteiger partial charge in [-0.25, -0.2) is 4.79 Å². The molecule has 1 atom stereocenters. The lowest BCUT2D eigenvalue weighted by molar-refractivity contribution is -0.124. The molecule has 1 aromatic carbocycles. The van der Waals surface area contributed by atoms with Crippen LogP contribution in [-0.4, -0.2) is 63.8 Å². The maximum Gasteiger partial charge on any atom is 0.321 e. The van der Waals surface area contributed by atoms with E-state index in [9.17, 15) is 9.59 Å². The number of aryl methyl sites for hydroxylation is 1. The number of nitrogens with zero attached hydrogens (tertiary/aromatic N) is 5. The third kappa shape index (κ3) is 4.15. The molecule has 3 amide bonds. The van der Waals surface area contributed by atoms with Crippen LogP contribution in [0.5, 0.6) is 5.75 Å². The van der Waals surface area contributed by atoms with Gasteiger partial charge in [0.1, 0.15) is 5.75 Å². The van der Waals surface area contributed by atoms with Gasteiger partial charge in [-0.15, -0.1) is 5.10 Å². The lowest BCUT2D eigenvalue weighted by atomic mass is 10.1. The van der Waals surface area contributed by atoms with E-state index in [-0.39, 0.29) is 17.9 Å². The number of aromatic nitrogens is 4. The quantitative estimate of drug-likeness (QED) is 0.807. The van der Waals surface area contributed by atoms with Crippen molar-refractivity contribution in [1.82, 2.24) is 30.4 Å². The Bertz CT molecular complexity index is 836. The minimum Gasteiger partial charge on any atom is -0.497 e. The summed E-state index contributed by atoms with van der Waals surface area (Å²) in [6.45, 7) is 5.19. The van der Waals surface area contributed by atoms with Crippen molar-refractivity contribution >= 4 is 17.6 Å². The molecule has 0 aliphatic carbocycles. The van der Waals surface area contributed by atoms with E-state index >= 15 is 0 Å². The van der Waals surface area contributed by atoms with Crippen molar-refractivity contribution in [1.29, 1.82) is 0 Å². The van der Waals surface area contributed by atoms with Crippen LogP contribution >= 0.6 is 0 Å². The summed E-state index contributed by atoms with van der Waals surface area (Å²) < 4.78 is 6.87. The van der Waals surface area contributed by atoms with Gasteiger partial charge in [-0.1, -0.05) is 0 Å². The highest BCUT2D eigenvalue weighted by Gasteiger charge is 2.30. The number of urea groups is 1. The summed E-state index contributed by atoms with van der Waals surface area (Å²) in [6, 6.07) is 5.01. The number of hydrogen-bond acceptors (Lipinski definition) is 6. The number of hydrogen-bond donors (Lipinski definition) is 2. The zero-order valence-corrected chi connectivity index (χ0v) is 15.6. The number of methoxy groups -OCH3 is 1. The molecule has 0 spiro atoms. The van der Waals surface area contributed by atoms with Crippen molar-refractivity contribution in [2.24, 2.45) is 5.92 Å². The number of carbonyl (C=O) groups excluding carboxylic acids is 2. The molecule has 1 saturated heterocycles. The molecule has 1 aliphatic heterocycles. The van der Waals surface area contributed by atoms with Crippen LogP contribution in [0, 0.1) is 12.8 Å². The highest BCUT2D eigenvalue weighted by Crippen LogP contribution is 2.25. The maximum atomic E-state index is 12.6. The molecule has 0 radical (unpaired) electrons. The molecule has 144 valence electrons. The van der Waals surface area contributed by atoms with Gasteiger partial charge in [0.2, 0.25) is 5.91 Å². The van der Waals surface area contributed by atoms with Crippen molar-refractivity contribution in [2.75, 3.05) is 32.1 Å². The molecule has 0 unspecified atom stereocenters. The van der Waals surface area contributed by atoms with Gasteiger partial charge >= 0.3 is 6.03 Å². The number of anilines is 1. The van der Waals surface area contributed by atoms with Crippen molar-refractivity contribution in [3.05, 3.63) is 24.0 Å². The van der Waals surface area contributed by atoms with Crippen LogP contribution in [0.15, 0.2) is 18.2 Å². The maximum absolute atomic E-state index is 12.6. The highest BCUT2D eigenvalue weighted by molar-refractivity contribution is 5.91. The first-order chi connectivity index (χ1) is 13.0. The molecule has 0 saturated carbocycles. The highest BCUT2D eigenvalue weighted by atomic mass is 16.5. The summed E-state index contributed by atoms with van der Waals surface area (Å²) in [5.41, 5.74) is 1.24. The predicted octanol–water partition coefficient (Wildman–Crippen LogP) is 0.969. The first-order valence-electron chi connectivity index (χ1n) is 8.80. The fraction of sp³-hybridized carbons (Fsp3) is 0.471. The lowest BCUT2D eigenvalue weighted by Crippen LogP contribution is -2.36. The van der Waals surface area contributed by atoms with Gasteiger partial charge in [-0.3, -0.25) is 4.79 Å². The summed E-state index contributed by atoms with van der Waals surface area (Å²) in [7, 11) is 1.55. The second-order valence-corrected chi connectivity index (χ2v) is 6.31. The number of carbonyl (C=O) groups is 2. The summed E-state index contributed by atoms with van der Waals surface area (Å²) in [4.78, 5) is 26.2. The van der Waals surface area contributed by atoms with Crippen molar-refractivity contribution in [3.63, 3.8) is 0 Å². The lowest BCUT2D eigenvalue weighted by Gasteiger charge is -2.18.